The fourth-order valence-electron chi connectivity index (χ4n) is 5.61. The number of nitrogens with zero attached hydrogens (tertiary/aromatic N) is 2. The Morgan fingerprint density at radius 2 is 1.93 bits per heavy atom. The summed E-state index contributed by atoms with van der Waals surface area (Å²) in [5, 5.41) is 14.9. The van der Waals surface area contributed by atoms with E-state index in [-0.39, 0.29) is 18.4 Å². The van der Waals surface area contributed by atoms with Crippen LogP contribution in [0.2, 0.25) is 0 Å². The first-order chi connectivity index (χ1) is 19.6. The number of ether oxygens (including phenoxy) is 1. The smallest absolute Gasteiger partial charge is 0.193 e. The molecule has 0 saturated heterocycles. The number of benzene rings is 2. The van der Waals surface area contributed by atoms with Gasteiger partial charge >= 0.3 is 0 Å². The van der Waals surface area contributed by atoms with Gasteiger partial charge in [-0.25, -0.2) is 0 Å². The molecule has 5 rings (SSSR count). The summed E-state index contributed by atoms with van der Waals surface area (Å²) in [6.07, 6.45) is 10.6. The van der Waals surface area contributed by atoms with Crippen molar-refractivity contribution in [2.75, 3.05) is 13.2 Å². The highest BCUT2D eigenvalue weighted by Crippen LogP contribution is 2.30. The van der Waals surface area contributed by atoms with Crippen LogP contribution in [0, 0.1) is 12.3 Å². The van der Waals surface area contributed by atoms with Crippen molar-refractivity contribution in [2.24, 2.45) is 0 Å². The minimum atomic E-state index is -0.695. The molecular weight excluding hydrogens is 500 g/mol. The van der Waals surface area contributed by atoms with Gasteiger partial charge in [-0.3, -0.25) is 14.7 Å². The summed E-state index contributed by atoms with van der Waals surface area (Å²) in [4.78, 5) is 22.8. The predicted molar refractivity (Wildman–Crippen MR) is 157 cm³/mol. The first kappa shape index (κ1) is 27.6. The molecule has 1 aliphatic rings. The lowest BCUT2D eigenvalue weighted by Crippen LogP contribution is -2.45. The van der Waals surface area contributed by atoms with Crippen LogP contribution in [0.1, 0.15) is 66.0 Å². The fraction of sp³-hybridized carbons (Fsp3) is 0.333. The second-order valence-electron chi connectivity index (χ2n) is 10.3. The number of aliphatic hydroxyl groups excluding tert-OH is 1. The molecule has 0 spiro atoms. The number of nitrogens with one attached hydrogen (secondary N) is 2. The van der Waals surface area contributed by atoms with Crippen molar-refractivity contribution in [1.82, 2.24) is 20.2 Å². The zero-order valence-electron chi connectivity index (χ0n) is 22.8. The molecule has 7 heteroatoms. The maximum atomic E-state index is 12.9. The summed E-state index contributed by atoms with van der Waals surface area (Å²) in [7, 11) is 0. The topological polar surface area (TPSA) is 90.5 Å². The number of aromatic amines is 1. The van der Waals surface area contributed by atoms with Gasteiger partial charge < -0.3 is 20.1 Å². The van der Waals surface area contributed by atoms with Gasteiger partial charge in [0.15, 0.2) is 5.78 Å². The van der Waals surface area contributed by atoms with E-state index in [4.69, 9.17) is 11.2 Å². The van der Waals surface area contributed by atoms with Gasteiger partial charge in [-0.1, -0.05) is 43.5 Å². The maximum Gasteiger partial charge on any atom is 0.193 e. The van der Waals surface area contributed by atoms with Crippen LogP contribution in [0.4, 0.5) is 0 Å². The third-order valence-corrected chi connectivity index (χ3v) is 7.73. The molecule has 1 unspecified atom stereocenters. The zero-order chi connectivity index (χ0) is 27.9. The zero-order valence-corrected chi connectivity index (χ0v) is 22.8. The summed E-state index contributed by atoms with van der Waals surface area (Å²) in [5.74, 6) is 3.05. The fourth-order valence-corrected chi connectivity index (χ4v) is 5.61. The second kappa shape index (κ2) is 12.9. The number of carbonyl (C=O) groups is 1. The number of carbonyl (C=O) groups excluding carboxylic acids is 1. The van der Waals surface area contributed by atoms with Gasteiger partial charge in [-0.05, 0) is 73.8 Å². The maximum absolute atomic E-state index is 12.9. The van der Waals surface area contributed by atoms with Gasteiger partial charge in [0.2, 0.25) is 0 Å². The van der Waals surface area contributed by atoms with E-state index in [1.165, 1.54) is 0 Å². The summed E-state index contributed by atoms with van der Waals surface area (Å²) in [6.45, 7) is 3.80. The molecule has 2 aromatic heterocycles. The average Bonchev–Trinajstić information content (AvgIpc) is 3.44. The molecule has 3 atom stereocenters. The van der Waals surface area contributed by atoms with Crippen LogP contribution >= 0.6 is 0 Å². The van der Waals surface area contributed by atoms with Crippen LogP contribution in [-0.4, -0.2) is 51.0 Å². The van der Waals surface area contributed by atoms with Crippen molar-refractivity contribution in [3.63, 3.8) is 0 Å². The van der Waals surface area contributed by atoms with Crippen molar-refractivity contribution in [3.8, 4) is 18.1 Å². The lowest BCUT2D eigenvalue weighted by Gasteiger charge is -2.39. The van der Waals surface area contributed by atoms with Gasteiger partial charge in [0.05, 0.1) is 16.7 Å². The van der Waals surface area contributed by atoms with Crippen LogP contribution in [0.15, 0.2) is 72.9 Å². The van der Waals surface area contributed by atoms with Crippen molar-refractivity contribution in [2.45, 2.75) is 57.5 Å². The molecule has 206 valence electrons. The van der Waals surface area contributed by atoms with E-state index in [0.717, 1.165) is 61.1 Å². The number of hydrogen-bond donors (Lipinski definition) is 3. The van der Waals surface area contributed by atoms with E-state index < -0.39 is 6.23 Å². The Hall–Kier alpha value is -3.96. The van der Waals surface area contributed by atoms with E-state index in [1.54, 1.807) is 30.5 Å². The number of fused-ring (bicyclic) bond motifs is 1. The third kappa shape index (κ3) is 6.43. The summed E-state index contributed by atoms with van der Waals surface area (Å²) in [5.41, 5.74) is 4.99. The largest absolute Gasteiger partial charge is 0.481 e. The molecule has 1 fully saturated rings. The minimum Gasteiger partial charge on any atom is -0.481 e. The molecule has 0 aliphatic heterocycles. The van der Waals surface area contributed by atoms with Crippen LogP contribution in [0.3, 0.4) is 0 Å². The molecule has 40 heavy (non-hydrogen) atoms. The quantitative estimate of drug-likeness (QED) is 0.138. The summed E-state index contributed by atoms with van der Waals surface area (Å²) < 4.78 is 5.38. The Morgan fingerprint density at radius 3 is 2.62 bits per heavy atom. The number of pyridine rings is 1. The van der Waals surface area contributed by atoms with Gasteiger partial charge in [0.25, 0.3) is 0 Å². The van der Waals surface area contributed by atoms with Gasteiger partial charge in [0, 0.05) is 36.0 Å². The van der Waals surface area contributed by atoms with Crippen molar-refractivity contribution in [1.29, 1.82) is 0 Å². The Bertz CT molecular complexity index is 1420. The highest BCUT2D eigenvalue weighted by atomic mass is 16.5. The SMILES string of the molecule is C#CCOc1ccc(C(=O)c2ccc(CN[C@@H]3CCC[C@H](N(CC)C(O)c4cc5ncccc5[nH]4)C3)cc2)cc1. The Balaban J connectivity index is 1.15. The normalized spacial score (nSPS) is 17.9. The van der Waals surface area contributed by atoms with Crippen molar-refractivity contribution >= 4 is 16.8 Å². The van der Waals surface area contributed by atoms with Crippen LogP contribution in [0.25, 0.3) is 11.0 Å². The first-order valence-corrected chi connectivity index (χ1v) is 14.0. The van der Waals surface area contributed by atoms with Crippen LogP contribution in [-0.2, 0) is 6.54 Å². The monoisotopic (exact) mass is 536 g/mol. The highest BCUT2D eigenvalue weighted by molar-refractivity contribution is 6.09. The minimum absolute atomic E-state index is 0.0258. The van der Waals surface area contributed by atoms with Crippen LogP contribution < -0.4 is 10.1 Å². The predicted octanol–water partition coefficient (Wildman–Crippen LogP) is 5.22. The Labute approximate surface area is 235 Å². The number of rotatable bonds is 11. The molecule has 2 aromatic carbocycles. The molecule has 1 saturated carbocycles. The van der Waals surface area contributed by atoms with E-state index in [0.29, 0.717) is 22.9 Å². The van der Waals surface area contributed by atoms with Gasteiger partial charge in [0.1, 0.15) is 18.6 Å². The standard InChI is InChI=1S/C33H36N4O3/c1-3-19-40-28-16-14-25(15-17-28)32(38)24-12-10-23(11-13-24)22-35-26-7-5-8-27(20-26)37(4-2)33(39)31-21-30-29(36-31)9-6-18-34-30/h1,6,9-18,21,26-27,33,35-36,39H,4-5,7-8,19-20,22H2,2H3/t26-,27+,33?/m1/s1. The van der Waals surface area contributed by atoms with Crippen molar-refractivity contribution < 1.29 is 14.6 Å². The second-order valence-corrected chi connectivity index (χ2v) is 10.3. The Morgan fingerprint density at radius 1 is 1.18 bits per heavy atom. The number of H-pyrrole nitrogens is 1. The van der Waals surface area contributed by atoms with Crippen molar-refractivity contribution in [3.05, 3.63) is 95.3 Å². The molecule has 0 radical (unpaired) electrons. The van der Waals surface area contributed by atoms with Gasteiger partial charge in [-0.2, -0.15) is 0 Å². The average molecular weight is 537 g/mol. The summed E-state index contributed by atoms with van der Waals surface area (Å²) >= 11 is 0. The van der Waals surface area contributed by atoms with Gasteiger partial charge in [-0.15, -0.1) is 6.42 Å². The third-order valence-electron chi connectivity index (χ3n) is 7.73. The first-order valence-electron chi connectivity index (χ1n) is 14.0. The van der Waals surface area contributed by atoms with E-state index >= 15 is 0 Å². The molecule has 7 nitrogen and oxygen atoms in total. The number of aromatic nitrogens is 2. The number of ketones is 1. The lowest BCUT2D eigenvalue weighted by atomic mass is 9.89. The lowest BCUT2D eigenvalue weighted by molar-refractivity contribution is -0.0389. The van der Waals surface area contributed by atoms with E-state index in [1.807, 2.05) is 42.5 Å². The molecule has 1 aliphatic carbocycles. The summed E-state index contributed by atoms with van der Waals surface area (Å²) in [6, 6.07) is 21.3. The number of aliphatic hydroxyl groups is 1. The number of terminal acetylenes is 1. The molecular formula is C33H36N4O3. The Kier molecular flexibility index (Phi) is 8.92. The molecule has 0 bridgehead atoms. The molecule has 4 aromatic rings. The van der Waals surface area contributed by atoms with E-state index in [9.17, 15) is 9.90 Å². The number of hydrogen-bond acceptors (Lipinski definition) is 6. The molecule has 0 amide bonds. The van der Waals surface area contributed by atoms with E-state index in [2.05, 4.69) is 33.0 Å². The van der Waals surface area contributed by atoms with Crippen LogP contribution in [0.5, 0.6) is 5.75 Å². The molecule has 3 N–H and O–H groups in total. The molecule has 2 heterocycles. The highest BCUT2D eigenvalue weighted by Gasteiger charge is 2.30.